The average Bonchev–Trinajstić information content (AvgIpc) is 3.34. The standard InChI is InChI=1S/C23H23N3O4/c27-20(17-6-2-1-3-7-17)25-12-10-16(14-25)15-26-21(28)23(24-22(26)29)11-13-30-19-9-5-4-8-18(19)23/h1-9,16H,10-15H2,(H,24,29)/t16-,23-/m0/s1. The summed E-state index contributed by atoms with van der Waals surface area (Å²) in [6.45, 7) is 1.86. The van der Waals surface area contributed by atoms with Crippen molar-refractivity contribution in [3.63, 3.8) is 0 Å². The highest BCUT2D eigenvalue weighted by molar-refractivity contribution is 6.08. The van der Waals surface area contributed by atoms with Crippen LogP contribution in [-0.4, -0.2) is 53.9 Å². The minimum atomic E-state index is -1.05. The molecule has 154 valence electrons. The van der Waals surface area contributed by atoms with Gasteiger partial charge in [0.05, 0.1) is 6.61 Å². The van der Waals surface area contributed by atoms with E-state index in [1.54, 1.807) is 17.0 Å². The molecule has 2 aromatic rings. The van der Waals surface area contributed by atoms with Gasteiger partial charge in [-0.3, -0.25) is 14.5 Å². The van der Waals surface area contributed by atoms with Crippen LogP contribution < -0.4 is 10.1 Å². The lowest BCUT2D eigenvalue weighted by Crippen LogP contribution is -2.47. The minimum Gasteiger partial charge on any atom is -0.493 e. The van der Waals surface area contributed by atoms with Crippen LogP contribution in [0.25, 0.3) is 0 Å². The number of likely N-dealkylation sites (tertiary alicyclic amines) is 1. The zero-order valence-electron chi connectivity index (χ0n) is 16.5. The number of nitrogens with zero attached hydrogens (tertiary/aromatic N) is 2. The summed E-state index contributed by atoms with van der Waals surface area (Å²) in [5.41, 5.74) is 0.319. The number of urea groups is 1. The quantitative estimate of drug-likeness (QED) is 0.796. The number of nitrogens with one attached hydrogen (secondary N) is 1. The van der Waals surface area contributed by atoms with Crippen LogP contribution in [0.3, 0.4) is 0 Å². The molecule has 1 N–H and O–H groups in total. The van der Waals surface area contributed by atoms with E-state index < -0.39 is 5.54 Å². The number of amides is 4. The Balaban J connectivity index is 1.31. The second-order valence-corrected chi connectivity index (χ2v) is 8.12. The predicted octanol–water partition coefficient (Wildman–Crippen LogP) is 2.38. The van der Waals surface area contributed by atoms with E-state index in [1.807, 2.05) is 42.5 Å². The summed E-state index contributed by atoms with van der Waals surface area (Å²) in [7, 11) is 0. The Labute approximate surface area is 174 Å². The molecule has 0 unspecified atom stereocenters. The van der Waals surface area contributed by atoms with E-state index in [1.165, 1.54) is 4.90 Å². The number of rotatable bonds is 3. The lowest BCUT2D eigenvalue weighted by Gasteiger charge is -2.33. The van der Waals surface area contributed by atoms with Crippen molar-refractivity contribution in [2.24, 2.45) is 5.92 Å². The summed E-state index contributed by atoms with van der Waals surface area (Å²) in [5, 5.41) is 2.94. The van der Waals surface area contributed by atoms with Crippen LogP contribution in [0.4, 0.5) is 4.79 Å². The normalized spacial score (nSPS) is 25.3. The zero-order chi connectivity index (χ0) is 20.7. The highest BCUT2D eigenvalue weighted by atomic mass is 16.5. The Morgan fingerprint density at radius 1 is 1.10 bits per heavy atom. The molecule has 3 aliphatic rings. The molecule has 30 heavy (non-hydrogen) atoms. The zero-order valence-corrected chi connectivity index (χ0v) is 16.5. The topological polar surface area (TPSA) is 79.0 Å². The molecule has 1 spiro atoms. The number of carbonyl (C=O) groups is 3. The smallest absolute Gasteiger partial charge is 0.325 e. The van der Waals surface area contributed by atoms with Gasteiger partial charge in [-0.2, -0.15) is 0 Å². The Hall–Kier alpha value is -3.35. The van der Waals surface area contributed by atoms with E-state index in [2.05, 4.69) is 5.32 Å². The van der Waals surface area contributed by atoms with Gasteiger partial charge in [0.15, 0.2) is 5.54 Å². The lowest BCUT2D eigenvalue weighted by molar-refractivity contribution is -0.133. The summed E-state index contributed by atoms with van der Waals surface area (Å²) in [6, 6.07) is 16.2. The Morgan fingerprint density at radius 2 is 1.87 bits per heavy atom. The molecule has 2 fully saturated rings. The Bertz CT molecular complexity index is 1010. The van der Waals surface area contributed by atoms with Gasteiger partial charge in [0.25, 0.3) is 11.8 Å². The van der Waals surface area contributed by atoms with Crippen LogP contribution in [-0.2, 0) is 10.3 Å². The maximum Gasteiger partial charge on any atom is 0.325 e. The van der Waals surface area contributed by atoms with E-state index in [9.17, 15) is 14.4 Å². The van der Waals surface area contributed by atoms with Gasteiger partial charge in [0.1, 0.15) is 5.75 Å². The Morgan fingerprint density at radius 3 is 2.70 bits per heavy atom. The molecule has 3 heterocycles. The van der Waals surface area contributed by atoms with Crippen LogP contribution >= 0.6 is 0 Å². The van der Waals surface area contributed by atoms with Gasteiger partial charge in [-0.05, 0) is 30.5 Å². The van der Waals surface area contributed by atoms with E-state index in [0.717, 1.165) is 6.42 Å². The fourth-order valence-corrected chi connectivity index (χ4v) is 4.73. The van der Waals surface area contributed by atoms with Crippen molar-refractivity contribution in [3.05, 3.63) is 65.7 Å². The molecule has 3 aliphatic heterocycles. The van der Waals surface area contributed by atoms with E-state index in [-0.39, 0.29) is 23.8 Å². The van der Waals surface area contributed by atoms with E-state index in [0.29, 0.717) is 49.5 Å². The fraction of sp³-hybridized carbons (Fsp3) is 0.348. The van der Waals surface area contributed by atoms with Crippen molar-refractivity contribution in [1.29, 1.82) is 0 Å². The first kappa shape index (κ1) is 18.7. The first-order chi connectivity index (χ1) is 14.6. The largest absolute Gasteiger partial charge is 0.493 e. The van der Waals surface area contributed by atoms with Crippen molar-refractivity contribution in [2.45, 2.75) is 18.4 Å². The molecule has 0 saturated carbocycles. The van der Waals surface area contributed by atoms with Crippen LogP contribution in [0.15, 0.2) is 54.6 Å². The van der Waals surface area contributed by atoms with E-state index in [4.69, 9.17) is 4.74 Å². The molecule has 0 aromatic heterocycles. The Kier molecular flexibility index (Phi) is 4.46. The SMILES string of the molecule is O=C(c1ccccc1)N1CC[C@H](CN2C(=O)N[C@]3(CCOc4ccccc43)C2=O)C1. The molecular formula is C23H23N3O4. The molecule has 2 saturated heterocycles. The molecule has 2 atom stereocenters. The van der Waals surface area contributed by atoms with Gasteiger partial charge >= 0.3 is 6.03 Å². The van der Waals surface area contributed by atoms with Gasteiger partial charge < -0.3 is 15.0 Å². The van der Waals surface area contributed by atoms with Crippen molar-refractivity contribution >= 4 is 17.8 Å². The number of imide groups is 1. The highest BCUT2D eigenvalue weighted by Gasteiger charge is 2.55. The third-order valence-corrected chi connectivity index (χ3v) is 6.29. The molecule has 7 nitrogen and oxygen atoms in total. The third-order valence-electron chi connectivity index (χ3n) is 6.29. The molecular weight excluding hydrogens is 382 g/mol. The maximum absolute atomic E-state index is 13.4. The summed E-state index contributed by atoms with van der Waals surface area (Å²) in [5.74, 6) is 0.471. The number of fused-ring (bicyclic) bond motifs is 2. The van der Waals surface area contributed by atoms with Crippen molar-refractivity contribution in [2.75, 3.05) is 26.2 Å². The lowest BCUT2D eigenvalue weighted by atomic mass is 9.84. The first-order valence-corrected chi connectivity index (χ1v) is 10.3. The van der Waals surface area contributed by atoms with Crippen LogP contribution in [0, 0.1) is 5.92 Å². The molecule has 7 heteroatoms. The molecule has 0 aliphatic carbocycles. The summed E-state index contributed by atoms with van der Waals surface area (Å²) in [4.78, 5) is 42.0. The van der Waals surface area contributed by atoms with Crippen molar-refractivity contribution in [3.8, 4) is 5.75 Å². The summed E-state index contributed by atoms with van der Waals surface area (Å²) >= 11 is 0. The first-order valence-electron chi connectivity index (χ1n) is 10.3. The number of benzene rings is 2. The van der Waals surface area contributed by atoms with Crippen LogP contribution in [0.2, 0.25) is 0 Å². The maximum atomic E-state index is 13.4. The van der Waals surface area contributed by atoms with Crippen molar-refractivity contribution < 1.29 is 19.1 Å². The number of para-hydroxylation sites is 1. The predicted molar refractivity (Wildman–Crippen MR) is 109 cm³/mol. The highest BCUT2D eigenvalue weighted by Crippen LogP contribution is 2.41. The molecule has 0 radical (unpaired) electrons. The van der Waals surface area contributed by atoms with Crippen LogP contribution in [0.5, 0.6) is 5.75 Å². The second kappa shape index (κ2) is 7.16. The summed E-state index contributed by atoms with van der Waals surface area (Å²) < 4.78 is 5.68. The number of hydrogen-bond donors (Lipinski definition) is 1. The number of carbonyl (C=O) groups excluding carboxylic acids is 3. The van der Waals surface area contributed by atoms with Gasteiger partial charge in [0, 0.05) is 37.2 Å². The van der Waals surface area contributed by atoms with Crippen molar-refractivity contribution in [1.82, 2.24) is 15.1 Å². The monoisotopic (exact) mass is 405 g/mol. The fourth-order valence-electron chi connectivity index (χ4n) is 4.73. The number of hydrogen-bond acceptors (Lipinski definition) is 4. The average molecular weight is 405 g/mol. The van der Waals surface area contributed by atoms with E-state index >= 15 is 0 Å². The molecule has 4 amide bonds. The van der Waals surface area contributed by atoms with Gasteiger partial charge in [0.2, 0.25) is 0 Å². The summed E-state index contributed by atoms with van der Waals surface area (Å²) in [6.07, 6.45) is 1.18. The molecule has 2 aromatic carbocycles. The van der Waals surface area contributed by atoms with Gasteiger partial charge in [-0.1, -0.05) is 36.4 Å². The third kappa shape index (κ3) is 2.93. The number of ether oxygens (including phenoxy) is 1. The second-order valence-electron chi connectivity index (χ2n) is 8.12. The van der Waals surface area contributed by atoms with Crippen LogP contribution in [0.1, 0.15) is 28.8 Å². The van der Waals surface area contributed by atoms with Gasteiger partial charge in [-0.15, -0.1) is 0 Å². The minimum absolute atomic E-state index is 0.00914. The van der Waals surface area contributed by atoms with Gasteiger partial charge in [-0.25, -0.2) is 4.79 Å². The molecule has 0 bridgehead atoms. The molecule has 5 rings (SSSR count).